The Kier molecular flexibility index (Phi) is 6.29. The first-order valence-corrected chi connectivity index (χ1v) is 10.2. The molecular formula is C22H28N4O2. The summed E-state index contributed by atoms with van der Waals surface area (Å²) in [5.74, 6) is 0.825. The Hall–Kier alpha value is -2.31. The van der Waals surface area contributed by atoms with Gasteiger partial charge in [0.25, 0.3) is 5.91 Å². The van der Waals surface area contributed by atoms with Gasteiger partial charge in [0.1, 0.15) is 5.69 Å². The van der Waals surface area contributed by atoms with E-state index < -0.39 is 0 Å². The fourth-order valence-electron chi connectivity index (χ4n) is 4.33. The number of carbonyl (C=O) groups excluding carboxylic acids is 1. The second-order valence-corrected chi connectivity index (χ2v) is 7.81. The quantitative estimate of drug-likeness (QED) is 0.835. The minimum atomic E-state index is -0.141. The van der Waals surface area contributed by atoms with Crippen molar-refractivity contribution in [2.75, 3.05) is 32.8 Å². The molecule has 2 aliphatic heterocycles. The molecule has 6 nitrogen and oxygen atoms in total. The van der Waals surface area contributed by atoms with Crippen LogP contribution < -0.4 is 5.32 Å². The van der Waals surface area contributed by atoms with Crippen molar-refractivity contribution in [3.63, 3.8) is 0 Å². The third-order valence-electron chi connectivity index (χ3n) is 5.74. The lowest BCUT2D eigenvalue weighted by Gasteiger charge is -2.38. The molecule has 2 aliphatic rings. The largest absolute Gasteiger partial charge is 0.381 e. The van der Waals surface area contributed by atoms with Gasteiger partial charge < -0.3 is 15.0 Å². The smallest absolute Gasteiger partial charge is 0.270 e. The lowest BCUT2D eigenvalue weighted by Crippen LogP contribution is -2.44. The standard InChI is InChI=1S/C22H28N4O2/c27-22(20-8-2-4-11-24-20)25-21(19-7-1-3-10-23-19)18-6-5-12-26(15-18)14-17-9-13-28-16-17/h1-4,7-8,10-11,17-18,21H,5-6,9,12-16H2,(H,25,27)/t17-,18+,21-/m0/s1. The lowest BCUT2D eigenvalue weighted by molar-refractivity contribution is 0.0856. The van der Waals surface area contributed by atoms with Crippen LogP contribution in [0, 0.1) is 11.8 Å². The molecule has 0 unspecified atom stereocenters. The van der Waals surface area contributed by atoms with Crippen molar-refractivity contribution in [2.45, 2.75) is 25.3 Å². The highest BCUT2D eigenvalue weighted by molar-refractivity contribution is 5.92. The van der Waals surface area contributed by atoms with Crippen LogP contribution in [-0.2, 0) is 4.74 Å². The minimum absolute atomic E-state index is 0.113. The van der Waals surface area contributed by atoms with Crippen LogP contribution in [-0.4, -0.2) is 53.6 Å². The van der Waals surface area contributed by atoms with Crippen LogP contribution in [0.25, 0.3) is 0 Å². The number of nitrogens with one attached hydrogen (secondary N) is 1. The van der Waals surface area contributed by atoms with Gasteiger partial charge in [-0.2, -0.15) is 0 Å². The van der Waals surface area contributed by atoms with E-state index in [-0.39, 0.29) is 11.9 Å². The van der Waals surface area contributed by atoms with Gasteiger partial charge in [-0.3, -0.25) is 14.8 Å². The highest BCUT2D eigenvalue weighted by Gasteiger charge is 2.32. The van der Waals surface area contributed by atoms with Crippen molar-refractivity contribution >= 4 is 5.91 Å². The molecule has 0 bridgehead atoms. The predicted octanol–water partition coefficient (Wildman–Crippen LogP) is 2.70. The average Bonchev–Trinajstić information content (AvgIpc) is 3.26. The minimum Gasteiger partial charge on any atom is -0.381 e. The van der Waals surface area contributed by atoms with Crippen LogP contribution in [0.5, 0.6) is 0 Å². The summed E-state index contributed by atoms with van der Waals surface area (Å²) < 4.78 is 5.54. The Balaban J connectivity index is 1.49. The molecule has 148 valence electrons. The van der Waals surface area contributed by atoms with Crippen molar-refractivity contribution < 1.29 is 9.53 Å². The SMILES string of the molecule is O=C(N[C@H](c1ccccn1)[C@@H]1CCCN(C[C@@H]2CCOC2)C1)c1ccccn1. The molecule has 2 aromatic heterocycles. The summed E-state index contributed by atoms with van der Waals surface area (Å²) in [6.45, 7) is 4.94. The summed E-state index contributed by atoms with van der Waals surface area (Å²) in [6.07, 6.45) is 6.83. The number of nitrogens with zero attached hydrogens (tertiary/aromatic N) is 3. The third-order valence-corrected chi connectivity index (χ3v) is 5.74. The first-order valence-electron chi connectivity index (χ1n) is 10.2. The van der Waals surface area contributed by atoms with Crippen LogP contribution in [0.1, 0.15) is 41.5 Å². The molecule has 0 radical (unpaired) electrons. The third kappa shape index (κ3) is 4.75. The molecule has 6 heteroatoms. The Morgan fingerprint density at radius 1 is 1.18 bits per heavy atom. The maximum absolute atomic E-state index is 12.8. The number of piperidine rings is 1. The summed E-state index contributed by atoms with van der Waals surface area (Å²) >= 11 is 0. The lowest BCUT2D eigenvalue weighted by atomic mass is 9.87. The van der Waals surface area contributed by atoms with Crippen LogP contribution in [0.15, 0.2) is 48.8 Å². The topological polar surface area (TPSA) is 67.4 Å². The molecule has 2 aromatic rings. The van der Waals surface area contributed by atoms with Gasteiger partial charge in [0.15, 0.2) is 0 Å². The normalized spacial score (nSPS) is 24.0. The first-order chi connectivity index (χ1) is 13.8. The number of ether oxygens (including phenoxy) is 1. The van der Waals surface area contributed by atoms with Gasteiger partial charge in [-0.15, -0.1) is 0 Å². The first kappa shape index (κ1) is 19.0. The van der Waals surface area contributed by atoms with Crippen LogP contribution in [0.2, 0.25) is 0 Å². The van der Waals surface area contributed by atoms with Crippen LogP contribution >= 0.6 is 0 Å². The number of hydrogen-bond acceptors (Lipinski definition) is 5. The second-order valence-electron chi connectivity index (χ2n) is 7.81. The fraction of sp³-hybridized carbons (Fsp3) is 0.500. The molecule has 0 spiro atoms. The van der Waals surface area contributed by atoms with Crippen molar-refractivity contribution in [3.05, 3.63) is 60.2 Å². The van der Waals surface area contributed by atoms with Gasteiger partial charge in [0.05, 0.1) is 18.3 Å². The van der Waals surface area contributed by atoms with E-state index in [0.717, 1.165) is 57.8 Å². The molecule has 2 fully saturated rings. The number of amides is 1. The summed E-state index contributed by atoms with van der Waals surface area (Å²) in [7, 11) is 0. The zero-order chi connectivity index (χ0) is 19.2. The van der Waals surface area contributed by atoms with Gasteiger partial charge >= 0.3 is 0 Å². The van der Waals surface area contributed by atoms with E-state index in [0.29, 0.717) is 17.5 Å². The van der Waals surface area contributed by atoms with E-state index in [1.807, 2.05) is 30.3 Å². The molecule has 4 rings (SSSR count). The summed E-state index contributed by atoms with van der Waals surface area (Å²) in [6, 6.07) is 11.2. The van der Waals surface area contributed by atoms with Crippen molar-refractivity contribution in [2.24, 2.45) is 11.8 Å². The monoisotopic (exact) mass is 380 g/mol. The van der Waals surface area contributed by atoms with Crippen molar-refractivity contribution in [1.82, 2.24) is 20.2 Å². The van der Waals surface area contributed by atoms with Crippen molar-refractivity contribution in [1.29, 1.82) is 0 Å². The van der Waals surface area contributed by atoms with Crippen LogP contribution in [0.4, 0.5) is 0 Å². The number of pyridine rings is 2. The molecule has 4 heterocycles. The zero-order valence-electron chi connectivity index (χ0n) is 16.2. The van der Waals surface area contributed by atoms with Gasteiger partial charge in [-0.25, -0.2) is 0 Å². The molecule has 1 N–H and O–H groups in total. The Bertz CT molecular complexity index is 750. The van der Waals surface area contributed by atoms with E-state index in [1.165, 1.54) is 0 Å². The van der Waals surface area contributed by atoms with Gasteiger partial charge in [-0.1, -0.05) is 12.1 Å². The Morgan fingerprint density at radius 3 is 2.75 bits per heavy atom. The Morgan fingerprint density at radius 2 is 2.04 bits per heavy atom. The number of hydrogen-bond donors (Lipinski definition) is 1. The predicted molar refractivity (Wildman–Crippen MR) is 107 cm³/mol. The van der Waals surface area contributed by atoms with Crippen LogP contribution in [0.3, 0.4) is 0 Å². The van der Waals surface area contributed by atoms with Gasteiger partial charge in [0.2, 0.25) is 0 Å². The fourth-order valence-corrected chi connectivity index (χ4v) is 4.33. The van der Waals surface area contributed by atoms with E-state index in [9.17, 15) is 4.79 Å². The van der Waals surface area contributed by atoms with E-state index in [2.05, 4.69) is 20.2 Å². The molecular weight excluding hydrogens is 352 g/mol. The molecule has 0 aromatic carbocycles. The van der Waals surface area contributed by atoms with Gasteiger partial charge in [-0.05, 0) is 61.9 Å². The van der Waals surface area contributed by atoms with Gasteiger partial charge in [0, 0.05) is 32.1 Å². The van der Waals surface area contributed by atoms with Crippen molar-refractivity contribution in [3.8, 4) is 0 Å². The average molecular weight is 380 g/mol. The Labute approximate surface area is 166 Å². The highest BCUT2D eigenvalue weighted by atomic mass is 16.5. The summed E-state index contributed by atoms with van der Waals surface area (Å²) in [5, 5.41) is 3.22. The van der Waals surface area contributed by atoms with E-state index >= 15 is 0 Å². The summed E-state index contributed by atoms with van der Waals surface area (Å²) in [4.78, 5) is 24.1. The molecule has 1 amide bonds. The second kappa shape index (κ2) is 9.26. The van der Waals surface area contributed by atoms with E-state index in [1.54, 1.807) is 18.5 Å². The summed E-state index contributed by atoms with van der Waals surface area (Å²) in [5.41, 5.74) is 1.36. The van der Waals surface area contributed by atoms with E-state index in [4.69, 9.17) is 4.74 Å². The number of rotatable bonds is 6. The number of likely N-dealkylation sites (tertiary alicyclic amines) is 1. The number of carbonyl (C=O) groups is 1. The number of aromatic nitrogens is 2. The molecule has 28 heavy (non-hydrogen) atoms. The maximum atomic E-state index is 12.8. The highest BCUT2D eigenvalue weighted by Crippen LogP contribution is 2.30. The maximum Gasteiger partial charge on any atom is 0.270 e. The molecule has 3 atom stereocenters. The molecule has 0 aliphatic carbocycles. The molecule has 2 saturated heterocycles. The zero-order valence-corrected chi connectivity index (χ0v) is 16.2. The molecule has 0 saturated carbocycles.